The lowest BCUT2D eigenvalue weighted by atomic mass is 9.94. The molecule has 1 atom stereocenters. The molecule has 0 aromatic carbocycles. The SMILES string of the molecule is OC[C@]12CCCN1C/C(=C\F)C2. The quantitative estimate of drug-likeness (QED) is 0.638. The summed E-state index contributed by atoms with van der Waals surface area (Å²) in [4.78, 5) is 2.21. The molecule has 0 unspecified atom stereocenters. The molecule has 0 aromatic heterocycles. The van der Waals surface area contributed by atoms with Gasteiger partial charge in [-0.05, 0) is 31.4 Å². The van der Waals surface area contributed by atoms with E-state index in [1.165, 1.54) is 0 Å². The molecule has 2 aliphatic rings. The van der Waals surface area contributed by atoms with Crippen LogP contribution in [-0.4, -0.2) is 35.2 Å². The number of fused-ring (bicyclic) bond motifs is 1. The molecule has 3 heteroatoms. The van der Waals surface area contributed by atoms with Crippen molar-refractivity contribution >= 4 is 0 Å². The smallest absolute Gasteiger partial charge is 0.0872 e. The van der Waals surface area contributed by atoms with Crippen molar-refractivity contribution in [1.82, 2.24) is 4.90 Å². The molecule has 2 saturated heterocycles. The average molecular weight is 171 g/mol. The Morgan fingerprint density at radius 1 is 1.67 bits per heavy atom. The average Bonchev–Trinajstić information content (AvgIpc) is 2.58. The molecule has 0 saturated carbocycles. The molecule has 68 valence electrons. The fraction of sp³-hybridized carbons (Fsp3) is 0.778. The standard InChI is InChI=1S/C9H14FNO/c10-5-8-4-9(7-12)2-1-3-11(9)6-8/h5,12H,1-4,6-7H2/b8-5-/t9-/m1/s1. The molecule has 2 heterocycles. The van der Waals surface area contributed by atoms with Crippen LogP contribution in [-0.2, 0) is 0 Å². The van der Waals surface area contributed by atoms with Crippen molar-refractivity contribution in [1.29, 1.82) is 0 Å². The van der Waals surface area contributed by atoms with Gasteiger partial charge in [0.25, 0.3) is 0 Å². The predicted octanol–water partition coefficient (Wildman–Crippen LogP) is 1.07. The maximum atomic E-state index is 12.2. The van der Waals surface area contributed by atoms with Crippen molar-refractivity contribution in [3.63, 3.8) is 0 Å². The van der Waals surface area contributed by atoms with Gasteiger partial charge < -0.3 is 5.11 Å². The van der Waals surface area contributed by atoms with Crippen LogP contribution in [0.15, 0.2) is 11.9 Å². The number of aliphatic hydroxyl groups is 1. The first-order chi connectivity index (χ1) is 5.80. The highest BCUT2D eigenvalue weighted by atomic mass is 19.1. The van der Waals surface area contributed by atoms with E-state index in [4.69, 9.17) is 0 Å². The Bertz CT molecular complexity index is 217. The first kappa shape index (κ1) is 8.20. The molecule has 2 aliphatic heterocycles. The van der Waals surface area contributed by atoms with E-state index in [-0.39, 0.29) is 12.1 Å². The van der Waals surface area contributed by atoms with Crippen LogP contribution in [0.4, 0.5) is 4.39 Å². The number of rotatable bonds is 1. The van der Waals surface area contributed by atoms with Gasteiger partial charge >= 0.3 is 0 Å². The lowest BCUT2D eigenvalue weighted by Crippen LogP contribution is -2.41. The van der Waals surface area contributed by atoms with Crippen molar-refractivity contribution in [3.8, 4) is 0 Å². The fourth-order valence-electron chi connectivity index (χ4n) is 2.47. The van der Waals surface area contributed by atoms with Crippen LogP contribution in [0.5, 0.6) is 0 Å². The Labute approximate surface area is 71.7 Å². The Balaban J connectivity index is 2.20. The highest BCUT2D eigenvalue weighted by molar-refractivity contribution is 5.18. The largest absolute Gasteiger partial charge is 0.394 e. The van der Waals surface area contributed by atoms with Gasteiger partial charge in [0, 0.05) is 12.1 Å². The van der Waals surface area contributed by atoms with Gasteiger partial charge in [0.2, 0.25) is 0 Å². The summed E-state index contributed by atoms with van der Waals surface area (Å²) in [6.07, 6.45) is 3.58. The summed E-state index contributed by atoms with van der Waals surface area (Å²) < 4.78 is 12.2. The van der Waals surface area contributed by atoms with Gasteiger partial charge in [-0.2, -0.15) is 0 Å². The number of aliphatic hydroxyl groups excluding tert-OH is 1. The highest BCUT2D eigenvalue weighted by Gasteiger charge is 2.45. The molecule has 0 amide bonds. The predicted molar refractivity (Wildman–Crippen MR) is 44.4 cm³/mol. The van der Waals surface area contributed by atoms with E-state index >= 15 is 0 Å². The number of halogens is 1. The van der Waals surface area contributed by atoms with Crippen LogP contribution in [0, 0.1) is 0 Å². The number of nitrogens with zero attached hydrogens (tertiary/aromatic N) is 1. The minimum absolute atomic E-state index is 0.0993. The third kappa shape index (κ3) is 1.00. The van der Waals surface area contributed by atoms with Crippen LogP contribution in [0.3, 0.4) is 0 Å². The van der Waals surface area contributed by atoms with Gasteiger partial charge in [-0.1, -0.05) is 0 Å². The lowest BCUT2D eigenvalue weighted by molar-refractivity contribution is 0.1000. The van der Waals surface area contributed by atoms with E-state index in [0.29, 0.717) is 6.33 Å². The van der Waals surface area contributed by atoms with E-state index in [1.807, 2.05) is 0 Å². The van der Waals surface area contributed by atoms with E-state index in [9.17, 15) is 9.50 Å². The zero-order chi connectivity index (χ0) is 8.60. The topological polar surface area (TPSA) is 23.5 Å². The molecule has 0 aliphatic carbocycles. The number of hydrogen-bond acceptors (Lipinski definition) is 2. The van der Waals surface area contributed by atoms with Crippen LogP contribution < -0.4 is 0 Å². The van der Waals surface area contributed by atoms with E-state index in [0.717, 1.165) is 37.9 Å². The summed E-state index contributed by atoms with van der Waals surface area (Å²) in [5, 5.41) is 9.25. The van der Waals surface area contributed by atoms with Crippen LogP contribution in [0.25, 0.3) is 0 Å². The molecule has 2 fully saturated rings. The first-order valence-electron chi connectivity index (χ1n) is 4.45. The van der Waals surface area contributed by atoms with E-state index in [2.05, 4.69) is 4.90 Å². The molecular formula is C9H14FNO. The fourth-order valence-corrected chi connectivity index (χ4v) is 2.47. The normalized spacial score (nSPS) is 39.3. The van der Waals surface area contributed by atoms with Gasteiger partial charge in [-0.25, -0.2) is 4.39 Å². The van der Waals surface area contributed by atoms with Gasteiger partial charge in [-0.3, -0.25) is 4.90 Å². The van der Waals surface area contributed by atoms with Crippen molar-refractivity contribution in [2.24, 2.45) is 0 Å². The first-order valence-corrected chi connectivity index (χ1v) is 4.45. The minimum atomic E-state index is -0.0993. The molecule has 2 nitrogen and oxygen atoms in total. The summed E-state index contributed by atoms with van der Waals surface area (Å²) in [5.74, 6) is 0. The van der Waals surface area contributed by atoms with Crippen molar-refractivity contribution in [2.45, 2.75) is 24.8 Å². The minimum Gasteiger partial charge on any atom is -0.394 e. The Kier molecular flexibility index (Phi) is 1.93. The Morgan fingerprint density at radius 3 is 3.08 bits per heavy atom. The molecular weight excluding hydrogens is 157 g/mol. The third-order valence-electron chi connectivity index (χ3n) is 3.14. The van der Waals surface area contributed by atoms with Crippen LogP contribution in [0.1, 0.15) is 19.3 Å². The Hall–Kier alpha value is -0.410. The molecule has 2 rings (SSSR count). The molecule has 0 spiro atoms. The number of hydrogen-bond donors (Lipinski definition) is 1. The Morgan fingerprint density at radius 2 is 2.50 bits per heavy atom. The molecule has 12 heavy (non-hydrogen) atoms. The monoisotopic (exact) mass is 171 g/mol. The van der Waals surface area contributed by atoms with E-state index < -0.39 is 0 Å². The summed E-state index contributed by atoms with van der Waals surface area (Å²) in [6, 6.07) is 0. The van der Waals surface area contributed by atoms with Gasteiger partial charge in [0.1, 0.15) is 0 Å². The van der Waals surface area contributed by atoms with Crippen molar-refractivity contribution in [3.05, 3.63) is 11.9 Å². The zero-order valence-electron chi connectivity index (χ0n) is 7.09. The zero-order valence-corrected chi connectivity index (χ0v) is 7.09. The second-order valence-electron chi connectivity index (χ2n) is 3.85. The lowest BCUT2D eigenvalue weighted by Gasteiger charge is -2.28. The van der Waals surface area contributed by atoms with Gasteiger partial charge in [0.05, 0.1) is 12.9 Å². The van der Waals surface area contributed by atoms with Crippen molar-refractivity contribution in [2.75, 3.05) is 19.7 Å². The summed E-state index contributed by atoms with van der Waals surface area (Å²) >= 11 is 0. The molecule has 0 aromatic rings. The second kappa shape index (κ2) is 2.82. The van der Waals surface area contributed by atoms with Crippen LogP contribution in [0.2, 0.25) is 0 Å². The molecule has 1 N–H and O–H groups in total. The maximum Gasteiger partial charge on any atom is 0.0872 e. The van der Waals surface area contributed by atoms with Crippen LogP contribution >= 0.6 is 0 Å². The summed E-state index contributed by atoms with van der Waals surface area (Å²) in [5.41, 5.74) is 0.738. The van der Waals surface area contributed by atoms with E-state index in [1.54, 1.807) is 0 Å². The maximum absolute atomic E-state index is 12.2. The molecule has 0 radical (unpaired) electrons. The third-order valence-corrected chi connectivity index (χ3v) is 3.14. The van der Waals surface area contributed by atoms with Gasteiger partial charge in [0.15, 0.2) is 0 Å². The molecule has 0 bridgehead atoms. The summed E-state index contributed by atoms with van der Waals surface area (Å²) in [7, 11) is 0. The second-order valence-corrected chi connectivity index (χ2v) is 3.85. The van der Waals surface area contributed by atoms with Crippen molar-refractivity contribution < 1.29 is 9.50 Å². The van der Waals surface area contributed by atoms with Gasteiger partial charge in [-0.15, -0.1) is 0 Å². The summed E-state index contributed by atoms with van der Waals surface area (Å²) in [6.45, 7) is 1.90. The highest BCUT2D eigenvalue weighted by Crippen LogP contribution is 2.40.